The lowest BCUT2D eigenvalue weighted by Gasteiger charge is -2.27. The van der Waals surface area contributed by atoms with Crippen molar-refractivity contribution in [3.63, 3.8) is 0 Å². The Kier molecular flexibility index (Phi) is 4.47. The molecule has 28 heavy (non-hydrogen) atoms. The Morgan fingerprint density at radius 1 is 1.11 bits per heavy atom. The highest BCUT2D eigenvalue weighted by molar-refractivity contribution is 5.94. The fraction of sp³-hybridized carbons (Fsp3) is 0.409. The first-order valence-corrected chi connectivity index (χ1v) is 10.2. The van der Waals surface area contributed by atoms with Gasteiger partial charge in [-0.2, -0.15) is 5.10 Å². The van der Waals surface area contributed by atoms with Crippen LogP contribution in [0.5, 0.6) is 0 Å². The Morgan fingerprint density at radius 3 is 2.86 bits per heavy atom. The number of carbonyl (C=O) groups excluding carboxylic acids is 1. The first kappa shape index (κ1) is 17.2. The van der Waals surface area contributed by atoms with E-state index in [2.05, 4.69) is 44.0 Å². The van der Waals surface area contributed by atoms with Crippen LogP contribution in [-0.2, 0) is 38.8 Å². The highest BCUT2D eigenvalue weighted by Gasteiger charge is 2.29. The molecule has 5 rings (SSSR count). The molecule has 0 saturated carbocycles. The van der Waals surface area contributed by atoms with Gasteiger partial charge in [0.2, 0.25) is 0 Å². The monoisotopic (exact) mass is 375 g/mol. The Labute approximate surface area is 164 Å². The van der Waals surface area contributed by atoms with Gasteiger partial charge in [-0.15, -0.1) is 0 Å². The zero-order chi connectivity index (χ0) is 18.9. The van der Waals surface area contributed by atoms with Gasteiger partial charge in [-0.25, -0.2) is 4.98 Å². The first-order valence-electron chi connectivity index (χ1n) is 10.2. The molecule has 2 aliphatic rings. The van der Waals surface area contributed by atoms with Crippen LogP contribution in [0.3, 0.4) is 0 Å². The van der Waals surface area contributed by atoms with Crippen molar-refractivity contribution < 1.29 is 4.79 Å². The third-order valence-electron chi connectivity index (χ3n) is 6.02. The molecule has 144 valence electrons. The number of fused-ring (bicyclic) bond motifs is 2. The second-order valence-corrected chi connectivity index (χ2v) is 7.78. The van der Waals surface area contributed by atoms with Gasteiger partial charge < -0.3 is 9.47 Å². The summed E-state index contributed by atoms with van der Waals surface area (Å²) in [5, 5.41) is 7.44. The number of hydrogen-bond acceptors (Lipinski definition) is 3. The third kappa shape index (κ3) is 3.13. The van der Waals surface area contributed by atoms with Crippen molar-refractivity contribution in [2.24, 2.45) is 0 Å². The van der Waals surface area contributed by atoms with Crippen molar-refractivity contribution in [2.75, 3.05) is 6.54 Å². The summed E-state index contributed by atoms with van der Waals surface area (Å²) in [5.74, 6) is 0.0453. The molecule has 1 aliphatic heterocycles. The van der Waals surface area contributed by atoms with E-state index in [4.69, 9.17) is 0 Å². The van der Waals surface area contributed by atoms with E-state index in [9.17, 15) is 4.79 Å². The average molecular weight is 375 g/mol. The highest BCUT2D eigenvalue weighted by atomic mass is 16.2. The summed E-state index contributed by atoms with van der Waals surface area (Å²) >= 11 is 0. The molecule has 1 amide bonds. The van der Waals surface area contributed by atoms with Gasteiger partial charge in [0.1, 0.15) is 0 Å². The van der Waals surface area contributed by atoms with Crippen LogP contribution in [0.1, 0.15) is 51.5 Å². The minimum atomic E-state index is 0.0453. The number of nitrogens with zero attached hydrogens (tertiary/aromatic N) is 4. The summed E-state index contributed by atoms with van der Waals surface area (Å²) < 4.78 is 2.25. The maximum atomic E-state index is 13.1. The Hall–Kier alpha value is -2.89. The lowest BCUT2D eigenvalue weighted by molar-refractivity contribution is 0.0723. The molecule has 3 heterocycles. The van der Waals surface area contributed by atoms with Crippen molar-refractivity contribution >= 4 is 5.91 Å². The second-order valence-electron chi connectivity index (χ2n) is 7.78. The fourth-order valence-corrected chi connectivity index (χ4v) is 4.44. The largest absolute Gasteiger partial charge is 0.334 e. The smallest absolute Gasteiger partial charge is 0.275 e. The zero-order valence-corrected chi connectivity index (χ0v) is 16.0. The minimum Gasteiger partial charge on any atom is -0.334 e. The fourth-order valence-electron chi connectivity index (χ4n) is 4.44. The van der Waals surface area contributed by atoms with Crippen molar-refractivity contribution in [2.45, 2.75) is 51.6 Å². The molecule has 6 nitrogen and oxygen atoms in total. The standard InChI is InChI=1S/C22H25N5O/c28-22(21-17-8-4-5-9-18(17)24-25-21)26-13-11-20-19(14-26)23-15-27(20)12-10-16-6-2-1-3-7-16/h1-3,6-7,15H,4-5,8-14H2,(H,24,25). The van der Waals surface area contributed by atoms with E-state index in [0.29, 0.717) is 12.2 Å². The predicted molar refractivity (Wildman–Crippen MR) is 106 cm³/mol. The van der Waals surface area contributed by atoms with Crippen LogP contribution in [0.4, 0.5) is 0 Å². The van der Waals surface area contributed by atoms with Crippen LogP contribution in [0, 0.1) is 0 Å². The van der Waals surface area contributed by atoms with Gasteiger partial charge in [-0.05, 0) is 37.7 Å². The maximum absolute atomic E-state index is 13.1. The molecule has 0 radical (unpaired) electrons. The summed E-state index contributed by atoms with van der Waals surface area (Å²) in [6.07, 6.45) is 8.05. The summed E-state index contributed by atoms with van der Waals surface area (Å²) in [5.41, 5.74) is 6.54. The molecule has 1 aliphatic carbocycles. The van der Waals surface area contributed by atoms with Crippen LogP contribution in [0.2, 0.25) is 0 Å². The van der Waals surface area contributed by atoms with E-state index in [1.807, 2.05) is 17.3 Å². The number of aromatic nitrogens is 4. The molecule has 1 N–H and O–H groups in total. The van der Waals surface area contributed by atoms with Crippen molar-refractivity contribution in [1.82, 2.24) is 24.6 Å². The average Bonchev–Trinajstić information content (AvgIpc) is 3.36. The number of carbonyl (C=O) groups is 1. The molecule has 0 unspecified atom stereocenters. The number of aromatic amines is 1. The van der Waals surface area contributed by atoms with Gasteiger partial charge in [-0.1, -0.05) is 30.3 Å². The summed E-state index contributed by atoms with van der Waals surface area (Å²) in [6.45, 7) is 2.23. The number of amides is 1. The molecule has 0 bridgehead atoms. The molecule has 0 saturated heterocycles. The minimum absolute atomic E-state index is 0.0453. The van der Waals surface area contributed by atoms with E-state index in [1.54, 1.807) is 0 Å². The third-order valence-corrected chi connectivity index (χ3v) is 6.02. The number of nitrogens with one attached hydrogen (secondary N) is 1. The van der Waals surface area contributed by atoms with Gasteiger partial charge in [0.15, 0.2) is 5.69 Å². The van der Waals surface area contributed by atoms with Gasteiger partial charge in [0.25, 0.3) is 5.91 Å². The molecular formula is C22H25N5O. The summed E-state index contributed by atoms with van der Waals surface area (Å²) in [6, 6.07) is 10.5. The number of aryl methyl sites for hydroxylation is 3. The predicted octanol–water partition coefficient (Wildman–Crippen LogP) is 2.93. The van der Waals surface area contributed by atoms with Crippen LogP contribution in [-0.4, -0.2) is 37.1 Å². The molecule has 1 aromatic carbocycles. The van der Waals surface area contributed by atoms with E-state index in [-0.39, 0.29) is 5.91 Å². The molecule has 0 atom stereocenters. The maximum Gasteiger partial charge on any atom is 0.275 e. The normalized spacial score (nSPS) is 15.9. The molecular weight excluding hydrogens is 350 g/mol. The SMILES string of the molecule is O=C(c1n[nH]c2c1CCCC2)N1CCc2c(ncn2CCc2ccccc2)C1. The van der Waals surface area contributed by atoms with Gasteiger partial charge in [0.05, 0.1) is 18.6 Å². The van der Waals surface area contributed by atoms with Crippen molar-refractivity contribution in [3.05, 3.63) is 70.6 Å². The van der Waals surface area contributed by atoms with Crippen LogP contribution >= 0.6 is 0 Å². The number of hydrogen-bond donors (Lipinski definition) is 1. The van der Waals surface area contributed by atoms with Gasteiger partial charge in [0, 0.05) is 36.5 Å². The quantitative estimate of drug-likeness (QED) is 0.762. The zero-order valence-electron chi connectivity index (χ0n) is 16.0. The Bertz CT molecular complexity index is 988. The lowest BCUT2D eigenvalue weighted by atomic mass is 9.95. The molecule has 3 aromatic rings. The van der Waals surface area contributed by atoms with E-state index in [1.165, 1.54) is 17.7 Å². The molecule has 0 fully saturated rings. The summed E-state index contributed by atoms with van der Waals surface area (Å²) in [4.78, 5) is 19.6. The highest BCUT2D eigenvalue weighted by Crippen LogP contribution is 2.25. The lowest BCUT2D eigenvalue weighted by Crippen LogP contribution is -2.37. The van der Waals surface area contributed by atoms with Crippen LogP contribution in [0.15, 0.2) is 36.7 Å². The number of H-pyrrole nitrogens is 1. The van der Waals surface area contributed by atoms with E-state index in [0.717, 1.165) is 62.1 Å². The van der Waals surface area contributed by atoms with Gasteiger partial charge in [-0.3, -0.25) is 9.89 Å². The molecule has 0 spiro atoms. The number of rotatable bonds is 4. The Morgan fingerprint density at radius 2 is 1.96 bits per heavy atom. The van der Waals surface area contributed by atoms with Crippen molar-refractivity contribution in [3.8, 4) is 0 Å². The number of benzene rings is 1. The summed E-state index contributed by atoms with van der Waals surface area (Å²) in [7, 11) is 0. The second kappa shape index (κ2) is 7.26. The molecule has 6 heteroatoms. The van der Waals surface area contributed by atoms with E-state index >= 15 is 0 Å². The topological polar surface area (TPSA) is 66.8 Å². The number of imidazole rings is 1. The van der Waals surface area contributed by atoms with Crippen molar-refractivity contribution in [1.29, 1.82) is 0 Å². The molecule has 2 aromatic heterocycles. The van der Waals surface area contributed by atoms with Crippen LogP contribution < -0.4 is 0 Å². The van der Waals surface area contributed by atoms with E-state index < -0.39 is 0 Å². The van der Waals surface area contributed by atoms with Crippen LogP contribution in [0.25, 0.3) is 0 Å². The Balaban J connectivity index is 1.29. The van der Waals surface area contributed by atoms with Gasteiger partial charge >= 0.3 is 0 Å². The first-order chi connectivity index (χ1) is 13.8.